The Labute approximate surface area is 134 Å². The van der Waals surface area contributed by atoms with Crippen molar-refractivity contribution in [2.24, 2.45) is 13.0 Å². The molecule has 7 nitrogen and oxygen atoms in total. The molecule has 0 aromatic carbocycles. The lowest BCUT2D eigenvalue weighted by Crippen LogP contribution is -2.31. The predicted molar refractivity (Wildman–Crippen MR) is 85.9 cm³/mol. The second kappa shape index (κ2) is 6.20. The Morgan fingerprint density at radius 2 is 2.13 bits per heavy atom. The average molecular weight is 312 g/mol. The molecule has 0 bridgehead atoms. The van der Waals surface area contributed by atoms with Crippen LogP contribution in [0.15, 0.2) is 37.1 Å². The van der Waals surface area contributed by atoms with Gasteiger partial charge in [0, 0.05) is 25.6 Å². The summed E-state index contributed by atoms with van der Waals surface area (Å²) in [5.74, 6) is 1.05. The molecule has 1 N–H and O–H groups in total. The molecule has 1 atom stereocenters. The lowest BCUT2D eigenvalue weighted by molar-refractivity contribution is 0.0928. The molecule has 0 aliphatic carbocycles. The van der Waals surface area contributed by atoms with Crippen LogP contribution in [0.4, 0.5) is 0 Å². The number of hydrogen-bond acceptors (Lipinski definition) is 4. The van der Waals surface area contributed by atoms with E-state index >= 15 is 0 Å². The van der Waals surface area contributed by atoms with Crippen molar-refractivity contribution in [1.29, 1.82) is 0 Å². The van der Waals surface area contributed by atoms with Crippen LogP contribution in [-0.2, 0) is 7.05 Å². The van der Waals surface area contributed by atoms with Crippen molar-refractivity contribution in [3.05, 3.63) is 48.4 Å². The summed E-state index contributed by atoms with van der Waals surface area (Å²) >= 11 is 0. The molecule has 0 aliphatic rings. The molecule has 3 heterocycles. The van der Waals surface area contributed by atoms with Crippen molar-refractivity contribution in [1.82, 2.24) is 29.5 Å². The van der Waals surface area contributed by atoms with E-state index in [0.29, 0.717) is 11.5 Å². The maximum absolute atomic E-state index is 12.6. The third-order valence-electron chi connectivity index (χ3n) is 3.72. The SMILES string of the molecule is CC(C)C[C@H](NC(=O)c1ccc2nccn2c1)c1ncnn1C. The van der Waals surface area contributed by atoms with Gasteiger partial charge in [-0.25, -0.2) is 9.97 Å². The Bertz CT molecular complexity index is 819. The van der Waals surface area contributed by atoms with Crippen molar-refractivity contribution in [3.63, 3.8) is 0 Å². The van der Waals surface area contributed by atoms with Gasteiger partial charge in [-0.2, -0.15) is 5.10 Å². The minimum atomic E-state index is -0.173. The van der Waals surface area contributed by atoms with Crippen LogP contribution in [0.25, 0.3) is 5.65 Å². The zero-order valence-electron chi connectivity index (χ0n) is 13.5. The Hall–Kier alpha value is -2.70. The molecule has 0 spiro atoms. The van der Waals surface area contributed by atoms with E-state index in [1.165, 1.54) is 6.33 Å². The number of hydrogen-bond donors (Lipinski definition) is 1. The fraction of sp³-hybridized carbons (Fsp3) is 0.375. The standard InChI is InChI=1S/C16H20N6O/c1-11(2)8-13(15-18-10-19-21(15)3)20-16(23)12-4-5-14-17-6-7-22(14)9-12/h4-7,9-11,13H,8H2,1-3H3,(H,20,23)/t13-/m0/s1. The average Bonchev–Trinajstić information content (AvgIpc) is 3.13. The smallest absolute Gasteiger partial charge is 0.253 e. The predicted octanol–water partition coefficient (Wildman–Crippen LogP) is 1.98. The maximum atomic E-state index is 12.6. The van der Waals surface area contributed by atoms with Gasteiger partial charge in [-0.1, -0.05) is 13.8 Å². The highest BCUT2D eigenvalue weighted by atomic mass is 16.1. The lowest BCUT2D eigenvalue weighted by Gasteiger charge is -2.20. The molecule has 0 saturated heterocycles. The normalized spacial score (nSPS) is 12.7. The molecular weight excluding hydrogens is 292 g/mol. The van der Waals surface area contributed by atoms with E-state index in [-0.39, 0.29) is 11.9 Å². The number of fused-ring (bicyclic) bond motifs is 1. The molecule has 120 valence electrons. The third-order valence-corrected chi connectivity index (χ3v) is 3.72. The van der Waals surface area contributed by atoms with E-state index in [0.717, 1.165) is 17.9 Å². The molecule has 0 radical (unpaired) electrons. The fourth-order valence-corrected chi connectivity index (χ4v) is 2.62. The van der Waals surface area contributed by atoms with Crippen molar-refractivity contribution in [3.8, 4) is 0 Å². The number of nitrogens with one attached hydrogen (secondary N) is 1. The molecule has 0 aliphatic heterocycles. The van der Waals surface area contributed by atoms with E-state index in [9.17, 15) is 4.79 Å². The number of nitrogens with zero attached hydrogens (tertiary/aromatic N) is 5. The number of pyridine rings is 1. The van der Waals surface area contributed by atoms with Crippen LogP contribution >= 0.6 is 0 Å². The third kappa shape index (κ3) is 3.23. The summed E-state index contributed by atoms with van der Waals surface area (Å²) in [4.78, 5) is 21.1. The van der Waals surface area contributed by atoms with Gasteiger partial charge < -0.3 is 9.72 Å². The van der Waals surface area contributed by atoms with Crippen molar-refractivity contribution in [2.75, 3.05) is 0 Å². The topological polar surface area (TPSA) is 77.1 Å². The first-order valence-electron chi connectivity index (χ1n) is 7.62. The molecule has 0 fully saturated rings. The van der Waals surface area contributed by atoms with Gasteiger partial charge >= 0.3 is 0 Å². The monoisotopic (exact) mass is 312 g/mol. The van der Waals surface area contributed by atoms with Gasteiger partial charge in [0.2, 0.25) is 0 Å². The molecule has 23 heavy (non-hydrogen) atoms. The van der Waals surface area contributed by atoms with Gasteiger partial charge in [0.05, 0.1) is 11.6 Å². The van der Waals surface area contributed by atoms with Crippen molar-refractivity contribution in [2.45, 2.75) is 26.3 Å². The number of aryl methyl sites for hydroxylation is 1. The fourth-order valence-electron chi connectivity index (χ4n) is 2.62. The number of carbonyl (C=O) groups excluding carboxylic acids is 1. The second-order valence-electron chi connectivity index (χ2n) is 6.01. The lowest BCUT2D eigenvalue weighted by atomic mass is 10.0. The quantitative estimate of drug-likeness (QED) is 0.781. The van der Waals surface area contributed by atoms with Crippen molar-refractivity contribution >= 4 is 11.6 Å². The summed E-state index contributed by atoms with van der Waals surface area (Å²) in [5, 5.41) is 7.17. The van der Waals surface area contributed by atoms with E-state index in [2.05, 4.69) is 34.2 Å². The minimum Gasteiger partial charge on any atom is -0.342 e. The number of amides is 1. The van der Waals surface area contributed by atoms with Crippen LogP contribution in [0.1, 0.15) is 42.5 Å². The van der Waals surface area contributed by atoms with Crippen LogP contribution in [0.2, 0.25) is 0 Å². The van der Waals surface area contributed by atoms with E-state index < -0.39 is 0 Å². The number of aromatic nitrogens is 5. The molecule has 0 saturated carbocycles. The van der Waals surface area contributed by atoms with Crippen LogP contribution < -0.4 is 5.32 Å². The van der Waals surface area contributed by atoms with Crippen LogP contribution in [0, 0.1) is 5.92 Å². The number of imidazole rings is 1. The van der Waals surface area contributed by atoms with Gasteiger partial charge in [0.1, 0.15) is 17.8 Å². The molecule has 1 amide bonds. The largest absolute Gasteiger partial charge is 0.342 e. The summed E-state index contributed by atoms with van der Waals surface area (Å²) in [7, 11) is 1.83. The number of rotatable bonds is 5. The zero-order valence-corrected chi connectivity index (χ0v) is 13.5. The number of carbonyl (C=O) groups is 1. The first kappa shape index (κ1) is 15.2. The summed E-state index contributed by atoms with van der Waals surface area (Å²) < 4.78 is 3.53. The molecule has 7 heteroatoms. The van der Waals surface area contributed by atoms with E-state index in [4.69, 9.17) is 0 Å². The van der Waals surface area contributed by atoms with Gasteiger partial charge in [0.15, 0.2) is 0 Å². The second-order valence-corrected chi connectivity index (χ2v) is 6.01. The minimum absolute atomic E-state index is 0.130. The highest BCUT2D eigenvalue weighted by molar-refractivity contribution is 5.94. The first-order chi connectivity index (χ1) is 11.0. The maximum Gasteiger partial charge on any atom is 0.253 e. The summed E-state index contributed by atoms with van der Waals surface area (Å²) in [6.45, 7) is 4.24. The van der Waals surface area contributed by atoms with Gasteiger partial charge in [-0.3, -0.25) is 9.48 Å². The Morgan fingerprint density at radius 1 is 1.30 bits per heavy atom. The molecule has 3 aromatic heterocycles. The van der Waals surface area contributed by atoms with Gasteiger partial charge in [0.25, 0.3) is 5.91 Å². The Morgan fingerprint density at radius 3 is 2.83 bits per heavy atom. The molecular formula is C16H20N6O. The Kier molecular flexibility index (Phi) is 4.10. The molecule has 0 unspecified atom stereocenters. The van der Waals surface area contributed by atoms with Crippen LogP contribution in [0.5, 0.6) is 0 Å². The van der Waals surface area contributed by atoms with E-state index in [1.54, 1.807) is 23.1 Å². The van der Waals surface area contributed by atoms with Crippen LogP contribution in [-0.4, -0.2) is 30.1 Å². The summed E-state index contributed by atoms with van der Waals surface area (Å²) in [6.07, 6.45) is 7.61. The summed E-state index contributed by atoms with van der Waals surface area (Å²) in [5.41, 5.74) is 1.40. The van der Waals surface area contributed by atoms with E-state index in [1.807, 2.05) is 23.7 Å². The highest BCUT2D eigenvalue weighted by Crippen LogP contribution is 2.19. The zero-order chi connectivity index (χ0) is 16.4. The highest BCUT2D eigenvalue weighted by Gasteiger charge is 2.21. The Balaban J connectivity index is 1.83. The molecule has 3 rings (SSSR count). The van der Waals surface area contributed by atoms with Crippen molar-refractivity contribution < 1.29 is 4.79 Å². The van der Waals surface area contributed by atoms with Gasteiger partial charge in [-0.15, -0.1) is 0 Å². The van der Waals surface area contributed by atoms with Gasteiger partial charge in [-0.05, 0) is 24.5 Å². The molecule has 3 aromatic rings. The summed E-state index contributed by atoms with van der Waals surface area (Å²) in [6, 6.07) is 3.43. The van der Waals surface area contributed by atoms with Crippen LogP contribution in [0.3, 0.4) is 0 Å². The first-order valence-corrected chi connectivity index (χ1v) is 7.62.